The second-order valence-electron chi connectivity index (χ2n) is 7.29. The highest BCUT2D eigenvalue weighted by Gasteiger charge is 2.42. The third-order valence-corrected chi connectivity index (χ3v) is 4.85. The predicted molar refractivity (Wildman–Crippen MR) is 124 cm³/mol. The molecule has 1 aliphatic carbocycles. The second-order valence-corrected chi connectivity index (χ2v) is 7.29. The van der Waals surface area contributed by atoms with Gasteiger partial charge in [-0.25, -0.2) is 9.38 Å². The van der Waals surface area contributed by atoms with Crippen molar-refractivity contribution in [3.05, 3.63) is 30.1 Å². The van der Waals surface area contributed by atoms with E-state index in [0.29, 0.717) is 24.7 Å². The Hall–Kier alpha value is -1.91. The molecule has 0 spiro atoms. The van der Waals surface area contributed by atoms with E-state index in [1.165, 1.54) is 18.2 Å². The number of hydrogen-bond donors (Lipinski definition) is 3. The monoisotopic (exact) mass is 519 g/mol. The summed E-state index contributed by atoms with van der Waals surface area (Å²) in [5.74, 6) is -0.154. The van der Waals surface area contributed by atoms with Crippen molar-refractivity contribution < 1.29 is 14.0 Å². The van der Waals surface area contributed by atoms with E-state index in [2.05, 4.69) is 20.9 Å². The summed E-state index contributed by atoms with van der Waals surface area (Å²) in [5, 5.41) is 8.93. The average molecular weight is 519 g/mol. The Bertz CT molecular complexity index is 721. The van der Waals surface area contributed by atoms with Crippen LogP contribution < -0.4 is 16.0 Å². The lowest BCUT2D eigenvalue weighted by Crippen LogP contribution is -2.49. The van der Waals surface area contributed by atoms with Crippen LogP contribution in [-0.2, 0) is 9.59 Å². The number of guanidine groups is 1. The Morgan fingerprint density at radius 2 is 1.90 bits per heavy atom. The van der Waals surface area contributed by atoms with Gasteiger partial charge in [0.05, 0.1) is 5.41 Å². The van der Waals surface area contributed by atoms with Crippen LogP contribution in [0.3, 0.4) is 0 Å². The van der Waals surface area contributed by atoms with Crippen LogP contribution in [0.2, 0.25) is 0 Å². The van der Waals surface area contributed by atoms with Crippen molar-refractivity contribution in [3.63, 3.8) is 0 Å². The van der Waals surface area contributed by atoms with Gasteiger partial charge in [-0.15, -0.1) is 24.0 Å². The number of aliphatic imine (C=N–C) groups is 1. The van der Waals surface area contributed by atoms with E-state index in [1.54, 1.807) is 25.1 Å². The lowest BCUT2D eigenvalue weighted by atomic mass is 9.84. The molecule has 7 nitrogen and oxygen atoms in total. The maximum absolute atomic E-state index is 13.2. The number of benzene rings is 1. The van der Waals surface area contributed by atoms with Gasteiger partial charge in [-0.1, -0.05) is 18.9 Å². The van der Waals surface area contributed by atoms with Crippen LogP contribution in [0.4, 0.5) is 10.1 Å². The Balaban J connectivity index is 0.00000420. The molecule has 1 aliphatic rings. The first-order valence-corrected chi connectivity index (χ1v) is 9.65. The number of carbonyl (C=O) groups is 2. The standard InChI is InChI=1S/C20H30FN5O2.HI/c1-4-22-19(23-13-17(27)25-16-9-7-8-15(21)12-16)24-14-20(10-5-6-11-20)18(28)26(2)3;/h7-9,12H,4-6,10-11,13-14H2,1-3H3,(H,25,27)(H2,22,23,24);1H. The first-order chi connectivity index (χ1) is 13.4. The molecule has 1 aromatic rings. The number of halogens is 2. The van der Waals surface area contributed by atoms with Gasteiger partial charge in [-0.3, -0.25) is 9.59 Å². The molecule has 0 aliphatic heterocycles. The Labute approximate surface area is 188 Å². The molecule has 0 aromatic heterocycles. The van der Waals surface area contributed by atoms with Crippen molar-refractivity contribution in [1.29, 1.82) is 0 Å². The highest BCUT2D eigenvalue weighted by atomic mass is 127. The molecule has 1 aromatic carbocycles. The summed E-state index contributed by atoms with van der Waals surface area (Å²) < 4.78 is 13.2. The summed E-state index contributed by atoms with van der Waals surface area (Å²) in [6.07, 6.45) is 3.75. The van der Waals surface area contributed by atoms with E-state index in [0.717, 1.165) is 25.7 Å². The molecule has 9 heteroatoms. The quantitative estimate of drug-likeness (QED) is 0.294. The van der Waals surface area contributed by atoms with Crippen molar-refractivity contribution in [3.8, 4) is 0 Å². The zero-order valence-corrected chi connectivity index (χ0v) is 19.6. The second kappa shape index (κ2) is 11.9. The average Bonchev–Trinajstić information content (AvgIpc) is 3.13. The summed E-state index contributed by atoms with van der Waals surface area (Å²) in [4.78, 5) is 30.7. The molecule has 29 heavy (non-hydrogen) atoms. The Morgan fingerprint density at radius 3 is 2.48 bits per heavy atom. The molecule has 2 amide bonds. The van der Waals surface area contributed by atoms with E-state index in [9.17, 15) is 14.0 Å². The van der Waals surface area contributed by atoms with Crippen LogP contribution in [0.5, 0.6) is 0 Å². The molecule has 0 bridgehead atoms. The number of nitrogens with zero attached hydrogens (tertiary/aromatic N) is 2. The normalized spacial score (nSPS) is 15.2. The molecule has 0 unspecified atom stereocenters. The summed E-state index contributed by atoms with van der Waals surface area (Å²) in [7, 11) is 3.55. The third kappa shape index (κ3) is 7.45. The third-order valence-electron chi connectivity index (χ3n) is 4.85. The minimum absolute atomic E-state index is 0. The zero-order chi connectivity index (χ0) is 20.6. The lowest BCUT2D eigenvalue weighted by molar-refractivity contribution is -0.138. The van der Waals surface area contributed by atoms with E-state index in [4.69, 9.17) is 0 Å². The highest BCUT2D eigenvalue weighted by molar-refractivity contribution is 14.0. The summed E-state index contributed by atoms with van der Waals surface area (Å²) in [5.41, 5.74) is -0.0385. The molecule has 2 rings (SSSR count). The van der Waals surface area contributed by atoms with Gasteiger partial charge < -0.3 is 20.9 Å². The minimum atomic E-state index is -0.427. The van der Waals surface area contributed by atoms with Gasteiger partial charge in [0.1, 0.15) is 12.4 Å². The molecular formula is C20H31FIN5O2. The fraction of sp³-hybridized carbons (Fsp3) is 0.550. The van der Waals surface area contributed by atoms with Gasteiger partial charge in [0.15, 0.2) is 5.96 Å². The number of hydrogen-bond acceptors (Lipinski definition) is 3. The van der Waals surface area contributed by atoms with E-state index in [1.807, 2.05) is 6.92 Å². The van der Waals surface area contributed by atoms with Gasteiger partial charge in [0, 0.05) is 32.9 Å². The molecule has 1 fully saturated rings. The van der Waals surface area contributed by atoms with Gasteiger partial charge in [0.2, 0.25) is 11.8 Å². The van der Waals surface area contributed by atoms with Crippen LogP contribution in [0, 0.1) is 11.2 Å². The SMILES string of the molecule is CCNC(=NCC(=O)Nc1cccc(F)c1)NCC1(C(=O)N(C)C)CCCC1.I. The van der Waals surface area contributed by atoms with Crippen molar-refractivity contribution in [2.45, 2.75) is 32.6 Å². The largest absolute Gasteiger partial charge is 0.357 e. The van der Waals surface area contributed by atoms with Gasteiger partial charge in [-0.2, -0.15) is 0 Å². The number of nitrogens with one attached hydrogen (secondary N) is 3. The fourth-order valence-corrected chi connectivity index (χ4v) is 3.50. The molecule has 0 radical (unpaired) electrons. The molecule has 0 heterocycles. The van der Waals surface area contributed by atoms with E-state index in [-0.39, 0.29) is 42.3 Å². The van der Waals surface area contributed by atoms with Crippen molar-refractivity contribution >= 4 is 47.4 Å². The van der Waals surface area contributed by atoms with Crippen molar-refractivity contribution in [2.24, 2.45) is 10.4 Å². The zero-order valence-electron chi connectivity index (χ0n) is 17.3. The van der Waals surface area contributed by atoms with Gasteiger partial charge in [-0.05, 0) is 38.0 Å². The summed E-state index contributed by atoms with van der Waals surface area (Å²) in [6, 6.07) is 5.71. The fourth-order valence-electron chi connectivity index (χ4n) is 3.50. The molecule has 1 saturated carbocycles. The molecular weight excluding hydrogens is 488 g/mol. The van der Waals surface area contributed by atoms with Gasteiger partial charge >= 0.3 is 0 Å². The first kappa shape index (κ1) is 25.1. The molecule has 0 atom stereocenters. The van der Waals surface area contributed by atoms with Crippen LogP contribution in [0.15, 0.2) is 29.3 Å². The van der Waals surface area contributed by atoms with Crippen molar-refractivity contribution in [2.75, 3.05) is 39.0 Å². The molecule has 3 N–H and O–H groups in total. The van der Waals surface area contributed by atoms with Crippen LogP contribution in [0.25, 0.3) is 0 Å². The molecule has 162 valence electrons. The van der Waals surface area contributed by atoms with Crippen LogP contribution >= 0.6 is 24.0 Å². The summed E-state index contributed by atoms with van der Waals surface area (Å²) in [6.45, 7) is 2.92. The number of rotatable bonds is 7. The summed E-state index contributed by atoms with van der Waals surface area (Å²) >= 11 is 0. The maximum atomic E-state index is 13.2. The minimum Gasteiger partial charge on any atom is -0.357 e. The Morgan fingerprint density at radius 1 is 1.21 bits per heavy atom. The van der Waals surface area contributed by atoms with Crippen LogP contribution in [-0.4, -0.2) is 56.4 Å². The topological polar surface area (TPSA) is 85.8 Å². The Kier molecular flexibility index (Phi) is 10.3. The molecule has 0 saturated heterocycles. The van der Waals surface area contributed by atoms with E-state index < -0.39 is 11.2 Å². The first-order valence-electron chi connectivity index (χ1n) is 9.65. The highest BCUT2D eigenvalue weighted by Crippen LogP contribution is 2.38. The maximum Gasteiger partial charge on any atom is 0.246 e. The number of anilines is 1. The predicted octanol–water partition coefficient (Wildman–Crippen LogP) is 2.59. The van der Waals surface area contributed by atoms with Gasteiger partial charge in [0.25, 0.3) is 0 Å². The number of amides is 2. The number of carbonyl (C=O) groups excluding carboxylic acids is 2. The van der Waals surface area contributed by atoms with Crippen molar-refractivity contribution in [1.82, 2.24) is 15.5 Å². The van der Waals surface area contributed by atoms with E-state index >= 15 is 0 Å². The lowest BCUT2D eigenvalue weighted by Gasteiger charge is -2.31. The van der Waals surface area contributed by atoms with Crippen LogP contribution in [0.1, 0.15) is 32.6 Å². The smallest absolute Gasteiger partial charge is 0.246 e.